The van der Waals surface area contributed by atoms with Crippen molar-refractivity contribution in [1.29, 1.82) is 0 Å². The van der Waals surface area contributed by atoms with Gasteiger partial charge in [0.25, 0.3) is 0 Å². The number of nitrogens with zero attached hydrogens (tertiary/aromatic N) is 2. The van der Waals surface area contributed by atoms with E-state index < -0.39 is 15.3 Å². The molecule has 29 heavy (non-hydrogen) atoms. The normalized spacial score (nSPS) is 12.4. The van der Waals surface area contributed by atoms with E-state index in [1.165, 1.54) is 36.0 Å². The third-order valence-electron chi connectivity index (χ3n) is 4.00. The standard InChI is InChI=1S/C20H20N4O3S2/c1-13(20(25)24-16-8-10-17(11-9-16)29(21,26)27)28-19-12-18(22-14(2)23-19)15-6-4-3-5-7-15/h3-13H,1-2H3,(H,24,25)(H2,21,26,27). The highest BCUT2D eigenvalue weighted by molar-refractivity contribution is 8.00. The fourth-order valence-electron chi connectivity index (χ4n) is 2.56. The summed E-state index contributed by atoms with van der Waals surface area (Å²) in [4.78, 5) is 21.4. The zero-order valence-corrected chi connectivity index (χ0v) is 17.5. The van der Waals surface area contributed by atoms with Crippen molar-refractivity contribution in [2.75, 3.05) is 5.32 Å². The van der Waals surface area contributed by atoms with Crippen LogP contribution in [0.25, 0.3) is 11.3 Å². The molecule has 9 heteroatoms. The van der Waals surface area contributed by atoms with Gasteiger partial charge in [-0.15, -0.1) is 0 Å². The lowest BCUT2D eigenvalue weighted by Gasteiger charge is -2.13. The van der Waals surface area contributed by atoms with Crippen LogP contribution in [0.2, 0.25) is 0 Å². The molecule has 0 fully saturated rings. The molecule has 3 N–H and O–H groups in total. The van der Waals surface area contributed by atoms with Gasteiger partial charge in [-0.3, -0.25) is 4.79 Å². The molecule has 1 unspecified atom stereocenters. The molecule has 0 radical (unpaired) electrons. The number of rotatable bonds is 6. The van der Waals surface area contributed by atoms with Crippen LogP contribution in [0.3, 0.4) is 0 Å². The zero-order chi connectivity index (χ0) is 21.0. The number of sulfonamides is 1. The Hall–Kier alpha value is -2.75. The molecular weight excluding hydrogens is 408 g/mol. The van der Waals surface area contributed by atoms with E-state index in [-0.39, 0.29) is 10.8 Å². The summed E-state index contributed by atoms with van der Waals surface area (Å²) in [7, 11) is -3.77. The molecule has 1 heterocycles. The van der Waals surface area contributed by atoms with Crippen molar-refractivity contribution in [3.8, 4) is 11.3 Å². The SMILES string of the molecule is Cc1nc(SC(C)C(=O)Nc2ccc(S(N)(=O)=O)cc2)cc(-c2ccccc2)n1. The van der Waals surface area contributed by atoms with Crippen LogP contribution in [0.1, 0.15) is 12.7 Å². The Bertz CT molecular complexity index is 1120. The van der Waals surface area contributed by atoms with E-state index in [9.17, 15) is 13.2 Å². The van der Waals surface area contributed by atoms with Gasteiger partial charge in [0.05, 0.1) is 15.8 Å². The van der Waals surface area contributed by atoms with Crippen molar-refractivity contribution in [2.24, 2.45) is 5.14 Å². The average Bonchev–Trinajstić information content (AvgIpc) is 2.68. The van der Waals surface area contributed by atoms with Gasteiger partial charge in [-0.1, -0.05) is 42.1 Å². The summed E-state index contributed by atoms with van der Waals surface area (Å²) < 4.78 is 22.6. The minimum Gasteiger partial charge on any atom is -0.325 e. The molecule has 1 aromatic heterocycles. The smallest absolute Gasteiger partial charge is 0.238 e. The predicted octanol–water partition coefficient (Wildman–Crippen LogP) is 3.22. The van der Waals surface area contributed by atoms with Crippen LogP contribution < -0.4 is 10.5 Å². The monoisotopic (exact) mass is 428 g/mol. The van der Waals surface area contributed by atoms with Crippen molar-refractivity contribution < 1.29 is 13.2 Å². The lowest BCUT2D eigenvalue weighted by atomic mass is 10.1. The molecule has 2 aromatic carbocycles. The second-order valence-corrected chi connectivity index (χ2v) is 9.25. The van der Waals surface area contributed by atoms with Gasteiger partial charge in [-0.05, 0) is 44.2 Å². The van der Waals surface area contributed by atoms with Crippen LogP contribution in [0.15, 0.2) is 70.6 Å². The van der Waals surface area contributed by atoms with Crippen LogP contribution >= 0.6 is 11.8 Å². The topological polar surface area (TPSA) is 115 Å². The molecule has 0 bridgehead atoms. The summed E-state index contributed by atoms with van der Waals surface area (Å²) in [5, 5.41) is 8.11. The molecule has 0 aliphatic rings. The third-order valence-corrected chi connectivity index (χ3v) is 5.95. The maximum absolute atomic E-state index is 12.5. The summed E-state index contributed by atoms with van der Waals surface area (Å²) in [6, 6.07) is 17.3. The maximum atomic E-state index is 12.5. The average molecular weight is 429 g/mol. The van der Waals surface area contributed by atoms with E-state index in [2.05, 4.69) is 15.3 Å². The molecule has 3 aromatic rings. The number of hydrogen-bond acceptors (Lipinski definition) is 6. The Morgan fingerprint density at radius 2 is 1.72 bits per heavy atom. The highest BCUT2D eigenvalue weighted by Crippen LogP contribution is 2.26. The minimum atomic E-state index is -3.77. The summed E-state index contributed by atoms with van der Waals surface area (Å²) in [5.41, 5.74) is 2.26. The molecular formula is C20H20N4O3S2. The number of anilines is 1. The lowest BCUT2D eigenvalue weighted by molar-refractivity contribution is -0.115. The lowest BCUT2D eigenvalue weighted by Crippen LogP contribution is -2.22. The number of primary sulfonamides is 1. The second kappa shape index (κ2) is 8.73. The number of nitrogens with two attached hydrogens (primary N) is 1. The molecule has 7 nitrogen and oxygen atoms in total. The third kappa shape index (κ3) is 5.63. The Morgan fingerprint density at radius 1 is 1.07 bits per heavy atom. The summed E-state index contributed by atoms with van der Waals surface area (Å²) in [6.45, 7) is 3.59. The Morgan fingerprint density at radius 3 is 2.34 bits per heavy atom. The fraction of sp³-hybridized carbons (Fsp3) is 0.150. The number of aromatic nitrogens is 2. The van der Waals surface area contributed by atoms with E-state index in [0.717, 1.165) is 11.3 Å². The van der Waals surface area contributed by atoms with Crippen LogP contribution in [0.5, 0.6) is 0 Å². The Labute approximate surface area is 173 Å². The quantitative estimate of drug-likeness (QED) is 0.460. The Kier molecular flexibility index (Phi) is 6.31. The molecule has 150 valence electrons. The number of amides is 1. The number of nitrogens with one attached hydrogen (secondary N) is 1. The molecule has 0 saturated carbocycles. The number of hydrogen-bond donors (Lipinski definition) is 2. The van der Waals surface area contributed by atoms with E-state index in [1.54, 1.807) is 6.92 Å². The molecule has 0 aliphatic carbocycles. The molecule has 1 amide bonds. The van der Waals surface area contributed by atoms with E-state index in [4.69, 9.17) is 5.14 Å². The van der Waals surface area contributed by atoms with Gasteiger partial charge in [-0.2, -0.15) is 0 Å². The molecule has 0 aliphatic heterocycles. The van der Waals surface area contributed by atoms with Gasteiger partial charge in [0, 0.05) is 11.3 Å². The molecule has 0 saturated heterocycles. The molecule has 1 atom stereocenters. The summed E-state index contributed by atoms with van der Waals surface area (Å²) in [6.07, 6.45) is 0. The number of carbonyl (C=O) groups excluding carboxylic acids is 1. The highest BCUT2D eigenvalue weighted by atomic mass is 32.2. The first kappa shape index (κ1) is 21.0. The minimum absolute atomic E-state index is 0.0113. The molecule has 0 spiro atoms. The van der Waals surface area contributed by atoms with Crippen LogP contribution in [-0.4, -0.2) is 29.5 Å². The van der Waals surface area contributed by atoms with E-state index >= 15 is 0 Å². The van der Waals surface area contributed by atoms with Crippen molar-refractivity contribution in [3.63, 3.8) is 0 Å². The van der Waals surface area contributed by atoms with E-state index in [0.29, 0.717) is 16.5 Å². The van der Waals surface area contributed by atoms with Gasteiger partial charge >= 0.3 is 0 Å². The summed E-state index contributed by atoms with van der Waals surface area (Å²) >= 11 is 1.32. The van der Waals surface area contributed by atoms with Crippen LogP contribution in [0.4, 0.5) is 5.69 Å². The first-order chi connectivity index (χ1) is 13.7. The van der Waals surface area contributed by atoms with Gasteiger partial charge < -0.3 is 5.32 Å². The first-order valence-corrected chi connectivity index (χ1v) is 11.2. The fourth-order valence-corrected chi connectivity index (χ4v) is 3.97. The number of thioether (sulfide) groups is 1. The maximum Gasteiger partial charge on any atom is 0.238 e. The highest BCUT2D eigenvalue weighted by Gasteiger charge is 2.17. The van der Waals surface area contributed by atoms with Crippen LogP contribution in [0, 0.1) is 6.92 Å². The predicted molar refractivity (Wildman–Crippen MR) is 114 cm³/mol. The van der Waals surface area contributed by atoms with Gasteiger partial charge in [0.2, 0.25) is 15.9 Å². The van der Waals surface area contributed by atoms with E-state index in [1.807, 2.05) is 43.3 Å². The summed E-state index contributed by atoms with van der Waals surface area (Å²) in [5.74, 6) is 0.399. The molecule has 3 rings (SSSR count). The van der Waals surface area contributed by atoms with Crippen molar-refractivity contribution in [1.82, 2.24) is 9.97 Å². The number of aryl methyl sites for hydroxylation is 1. The second-order valence-electron chi connectivity index (χ2n) is 6.32. The van der Waals surface area contributed by atoms with Gasteiger partial charge in [0.15, 0.2) is 0 Å². The zero-order valence-electron chi connectivity index (χ0n) is 15.9. The number of benzene rings is 2. The number of carbonyl (C=O) groups is 1. The van der Waals surface area contributed by atoms with Crippen molar-refractivity contribution in [3.05, 3.63) is 66.5 Å². The van der Waals surface area contributed by atoms with Gasteiger partial charge in [0.1, 0.15) is 10.9 Å². The van der Waals surface area contributed by atoms with Gasteiger partial charge in [-0.25, -0.2) is 23.5 Å². The van der Waals surface area contributed by atoms with Crippen molar-refractivity contribution >= 4 is 33.4 Å². The largest absolute Gasteiger partial charge is 0.325 e. The Balaban J connectivity index is 1.70. The van der Waals surface area contributed by atoms with Crippen LogP contribution in [-0.2, 0) is 14.8 Å². The van der Waals surface area contributed by atoms with Crippen molar-refractivity contribution in [2.45, 2.75) is 29.0 Å². The first-order valence-electron chi connectivity index (χ1n) is 8.74.